The molecule has 2 aliphatic rings. The summed E-state index contributed by atoms with van der Waals surface area (Å²) < 4.78 is 12.4. The number of benzene rings is 1. The van der Waals surface area contributed by atoms with E-state index >= 15 is 0 Å². The van der Waals surface area contributed by atoms with Gasteiger partial charge in [0.1, 0.15) is 23.4 Å². The molecule has 1 aromatic carbocycles. The third-order valence-electron chi connectivity index (χ3n) is 6.42. The number of aryl methyl sites for hydroxylation is 2. The molecule has 33 heavy (non-hydrogen) atoms. The molecule has 0 spiro atoms. The summed E-state index contributed by atoms with van der Waals surface area (Å²) in [5, 5.41) is 0. The Labute approximate surface area is 190 Å². The van der Waals surface area contributed by atoms with E-state index in [2.05, 4.69) is 21.0 Å². The number of pyridine rings is 3. The Morgan fingerprint density at radius 3 is 2.88 bits per heavy atom. The summed E-state index contributed by atoms with van der Waals surface area (Å²) in [5.41, 5.74) is 7.01. The van der Waals surface area contributed by atoms with Gasteiger partial charge >= 0.3 is 0 Å². The summed E-state index contributed by atoms with van der Waals surface area (Å²) >= 11 is 0. The molecule has 7 heteroatoms. The van der Waals surface area contributed by atoms with Gasteiger partial charge in [-0.25, -0.2) is 9.98 Å². The number of rotatable bonds is 3. The quantitative estimate of drug-likeness (QED) is 0.509. The van der Waals surface area contributed by atoms with E-state index in [1.54, 1.807) is 12.3 Å². The number of ether oxygens (including phenoxy) is 2. The van der Waals surface area contributed by atoms with Crippen LogP contribution in [0.1, 0.15) is 39.6 Å². The Balaban J connectivity index is 1.35. The van der Waals surface area contributed by atoms with Gasteiger partial charge in [0, 0.05) is 42.2 Å². The van der Waals surface area contributed by atoms with Gasteiger partial charge in [-0.3, -0.25) is 9.78 Å². The van der Waals surface area contributed by atoms with Crippen LogP contribution in [-0.2, 0) is 11.2 Å². The molecule has 3 aromatic heterocycles. The SMILES string of the molecule is Cc1cc(=O)c2nc(Oc3cc(C4=N[C@H]5c6ccncc6C[C@H]5O4)cc(C)c3C)ccc2[nH]1. The van der Waals surface area contributed by atoms with Crippen molar-refractivity contribution in [3.05, 3.63) is 92.5 Å². The lowest BCUT2D eigenvalue weighted by Gasteiger charge is -2.14. The first-order valence-corrected chi connectivity index (χ1v) is 10.9. The molecule has 0 saturated heterocycles. The average Bonchev–Trinajstić information content (AvgIpc) is 3.35. The molecule has 1 aliphatic carbocycles. The molecule has 0 radical (unpaired) electrons. The van der Waals surface area contributed by atoms with E-state index in [4.69, 9.17) is 14.5 Å². The number of nitrogens with one attached hydrogen (secondary N) is 1. The number of fused-ring (bicyclic) bond motifs is 4. The highest BCUT2D eigenvalue weighted by Gasteiger charge is 2.39. The van der Waals surface area contributed by atoms with Crippen LogP contribution in [0.5, 0.6) is 11.6 Å². The molecule has 4 heterocycles. The second-order valence-electron chi connectivity index (χ2n) is 8.69. The first-order valence-electron chi connectivity index (χ1n) is 10.9. The van der Waals surface area contributed by atoms with Crippen molar-refractivity contribution in [2.75, 3.05) is 0 Å². The number of hydrogen-bond acceptors (Lipinski definition) is 6. The molecule has 0 unspecified atom stereocenters. The fourth-order valence-electron chi connectivity index (χ4n) is 4.60. The molecule has 7 nitrogen and oxygen atoms in total. The van der Waals surface area contributed by atoms with Crippen molar-refractivity contribution in [2.45, 2.75) is 39.3 Å². The third-order valence-corrected chi connectivity index (χ3v) is 6.42. The number of H-pyrrole nitrogens is 1. The molecule has 4 aromatic rings. The summed E-state index contributed by atoms with van der Waals surface area (Å²) in [7, 11) is 0. The molecule has 0 fully saturated rings. The molecule has 164 valence electrons. The standard InChI is InChI=1S/C26H22N4O3/c1-13-8-16(26-30-24-18-6-7-27-12-17(18)11-22(24)33-26)10-21(15(13)3)32-23-5-4-19-25(29-23)20(31)9-14(2)28-19/h4-10,12,22,24H,11H2,1-3H3,(H,28,31)/t22-,24+/m1/s1. The molecular weight excluding hydrogens is 416 g/mol. The molecule has 0 bridgehead atoms. The van der Waals surface area contributed by atoms with Crippen LogP contribution < -0.4 is 10.2 Å². The van der Waals surface area contributed by atoms with E-state index in [9.17, 15) is 4.79 Å². The number of aliphatic imine (C=N–C) groups is 1. The van der Waals surface area contributed by atoms with Crippen LogP contribution in [-0.4, -0.2) is 27.0 Å². The van der Waals surface area contributed by atoms with E-state index in [1.165, 1.54) is 17.2 Å². The molecule has 6 rings (SSSR count). The van der Waals surface area contributed by atoms with Crippen molar-refractivity contribution in [1.29, 1.82) is 0 Å². The summed E-state index contributed by atoms with van der Waals surface area (Å²) in [6.07, 6.45) is 4.52. The predicted molar refractivity (Wildman–Crippen MR) is 125 cm³/mol. The Morgan fingerprint density at radius 2 is 2.00 bits per heavy atom. The van der Waals surface area contributed by atoms with Crippen LogP contribution in [0, 0.1) is 20.8 Å². The van der Waals surface area contributed by atoms with Gasteiger partial charge in [-0.2, -0.15) is 0 Å². The number of nitrogens with zero attached hydrogens (tertiary/aromatic N) is 3. The zero-order valence-corrected chi connectivity index (χ0v) is 18.5. The minimum Gasteiger partial charge on any atom is -0.471 e. The summed E-state index contributed by atoms with van der Waals surface area (Å²) in [5.74, 6) is 1.65. The largest absolute Gasteiger partial charge is 0.471 e. The van der Waals surface area contributed by atoms with E-state index in [1.807, 2.05) is 45.2 Å². The van der Waals surface area contributed by atoms with Gasteiger partial charge in [-0.05, 0) is 67.3 Å². The molecule has 0 amide bonds. The lowest BCUT2D eigenvalue weighted by molar-refractivity contribution is 0.206. The maximum absolute atomic E-state index is 12.4. The Kier molecular flexibility index (Phi) is 4.33. The maximum atomic E-state index is 12.4. The molecule has 0 saturated carbocycles. The Morgan fingerprint density at radius 1 is 1.12 bits per heavy atom. The molecule has 2 atom stereocenters. The summed E-state index contributed by atoms with van der Waals surface area (Å²) in [6.45, 7) is 5.88. The van der Waals surface area contributed by atoms with Gasteiger partial charge in [0.25, 0.3) is 0 Å². The van der Waals surface area contributed by atoms with E-state index < -0.39 is 0 Å². The van der Waals surface area contributed by atoms with E-state index in [0.29, 0.717) is 28.6 Å². The molecule has 1 aliphatic heterocycles. The predicted octanol–water partition coefficient (Wildman–Crippen LogP) is 4.48. The Hall–Kier alpha value is -4.00. The maximum Gasteiger partial charge on any atom is 0.220 e. The number of hydrogen-bond donors (Lipinski definition) is 1. The van der Waals surface area contributed by atoms with Crippen LogP contribution in [0.2, 0.25) is 0 Å². The third kappa shape index (κ3) is 3.28. The van der Waals surface area contributed by atoms with Crippen LogP contribution >= 0.6 is 0 Å². The zero-order chi connectivity index (χ0) is 22.7. The number of aromatic amines is 1. The van der Waals surface area contributed by atoms with Crippen molar-refractivity contribution >= 4 is 16.9 Å². The fourth-order valence-corrected chi connectivity index (χ4v) is 4.60. The summed E-state index contributed by atoms with van der Waals surface area (Å²) in [6, 6.07) is 11.1. The van der Waals surface area contributed by atoms with Crippen molar-refractivity contribution in [2.24, 2.45) is 4.99 Å². The van der Waals surface area contributed by atoms with Crippen LogP contribution in [0.15, 0.2) is 58.6 Å². The lowest BCUT2D eigenvalue weighted by atomic mass is 10.0. The zero-order valence-electron chi connectivity index (χ0n) is 18.5. The highest BCUT2D eigenvalue weighted by molar-refractivity contribution is 5.96. The van der Waals surface area contributed by atoms with E-state index in [0.717, 1.165) is 28.8 Å². The van der Waals surface area contributed by atoms with Crippen LogP contribution in [0.25, 0.3) is 11.0 Å². The minimum absolute atomic E-state index is 0.00122. The van der Waals surface area contributed by atoms with Crippen molar-refractivity contribution in [3.63, 3.8) is 0 Å². The molecular formula is C26H22N4O3. The fraction of sp³-hybridized carbons (Fsp3) is 0.231. The monoisotopic (exact) mass is 438 g/mol. The van der Waals surface area contributed by atoms with Gasteiger partial charge in [0.2, 0.25) is 17.2 Å². The first kappa shape index (κ1) is 19.7. The van der Waals surface area contributed by atoms with Crippen molar-refractivity contribution in [1.82, 2.24) is 15.0 Å². The topological polar surface area (TPSA) is 89.5 Å². The van der Waals surface area contributed by atoms with Gasteiger partial charge in [0.05, 0.1) is 5.52 Å². The number of aromatic nitrogens is 3. The van der Waals surface area contributed by atoms with Crippen molar-refractivity contribution < 1.29 is 9.47 Å². The second-order valence-corrected chi connectivity index (χ2v) is 8.69. The van der Waals surface area contributed by atoms with Gasteiger partial charge in [-0.15, -0.1) is 0 Å². The normalized spacial score (nSPS) is 18.6. The van der Waals surface area contributed by atoms with Gasteiger partial charge in [-0.1, -0.05) is 0 Å². The first-order chi connectivity index (χ1) is 16.0. The highest BCUT2D eigenvalue weighted by Crippen LogP contribution is 2.41. The van der Waals surface area contributed by atoms with Gasteiger partial charge < -0.3 is 14.5 Å². The van der Waals surface area contributed by atoms with Crippen LogP contribution in [0.4, 0.5) is 0 Å². The lowest BCUT2D eigenvalue weighted by Crippen LogP contribution is -2.13. The second kappa shape index (κ2) is 7.27. The smallest absolute Gasteiger partial charge is 0.220 e. The van der Waals surface area contributed by atoms with E-state index in [-0.39, 0.29) is 17.6 Å². The highest BCUT2D eigenvalue weighted by atomic mass is 16.5. The average molecular weight is 438 g/mol. The van der Waals surface area contributed by atoms with Crippen LogP contribution in [0.3, 0.4) is 0 Å². The molecule has 1 N–H and O–H groups in total. The summed E-state index contributed by atoms with van der Waals surface area (Å²) in [4.78, 5) is 29.1. The minimum atomic E-state index is -0.135. The Bertz CT molecular complexity index is 1520. The van der Waals surface area contributed by atoms with Crippen molar-refractivity contribution in [3.8, 4) is 11.6 Å². The van der Waals surface area contributed by atoms with Gasteiger partial charge in [0.15, 0.2) is 0 Å².